The van der Waals surface area contributed by atoms with Crippen molar-refractivity contribution < 1.29 is 9.47 Å². The summed E-state index contributed by atoms with van der Waals surface area (Å²) >= 11 is 0. The Bertz CT molecular complexity index is 653. The summed E-state index contributed by atoms with van der Waals surface area (Å²) in [6.45, 7) is 2.03. The molecule has 134 valence electrons. The van der Waals surface area contributed by atoms with Crippen LogP contribution in [0.4, 0.5) is 0 Å². The Kier molecular flexibility index (Phi) is 6.35. The molecule has 0 saturated carbocycles. The van der Waals surface area contributed by atoms with Gasteiger partial charge in [-0.25, -0.2) is 0 Å². The maximum Gasteiger partial charge on any atom is 0.122 e. The van der Waals surface area contributed by atoms with E-state index >= 15 is 0 Å². The number of hydrogen-bond donors (Lipinski definition) is 0. The number of benzene rings is 2. The van der Waals surface area contributed by atoms with E-state index in [2.05, 4.69) is 48.3 Å². The van der Waals surface area contributed by atoms with Crippen molar-refractivity contribution in [2.75, 3.05) is 27.3 Å². The maximum atomic E-state index is 6.13. The van der Waals surface area contributed by atoms with Crippen molar-refractivity contribution in [1.82, 2.24) is 4.90 Å². The fourth-order valence-electron chi connectivity index (χ4n) is 3.57. The van der Waals surface area contributed by atoms with Crippen LogP contribution in [-0.4, -0.2) is 38.3 Å². The molecule has 0 bridgehead atoms. The number of likely N-dealkylation sites (tertiary alicyclic amines) is 1. The Labute approximate surface area is 151 Å². The summed E-state index contributed by atoms with van der Waals surface area (Å²) in [5.74, 6) is 1.95. The molecule has 2 aromatic carbocycles. The second-order valence-corrected chi connectivity index (χ2v) is 6.87. The van der Waals surface area contributed by atoms with Gasteiger partial charge in [0.25, 0.3) is 0 Å². The number of rotatable bonds is 8. The molecule has 3 heteroatoms. The van der Waals surface area contributed by atoms with Crippen LogP contribution in [0.2, 0.25) is 0 Å². The minimum absolute atomic E-state index is 0.687. The van der Waals surface area contributed by atoms with Crippen molar-refractivity contribution in [2.24, 2.45) is 0 Å². The number of methoxy groups -OCH3 is 1. The molecule has 3 nitrogen and oxygen atoms in total. The summed E-state index contributed by atoms with van der Waals surface area (Å²) in [6.07, 6.45) is 5.74. The minimum Gasteiger partial charge on any atom is -0.497 e. The summed E-state index contributed by atoms with van der Waals surface area (Å²) in [6, 6.07) is 17.4. The van der Waals surface area contributed by atoms with Crippen LogP contribution in [-0.2, 0) is 12.8 Å². The van der Waals surface area contributed by atoms with Gasteiger partial charge >= 0.3 is 0 Å². The predicted octanol–water partition coefficient (Wildman–Crippen LogP) is 4.34. The van der Waals surface area contributed by atoms with E-state index in [1.54, 1.807) is 7.11 Å². The van der Waals surface area contributed by atoms with Crippen LogP contribution in [0, 0.1) is 0 Å². The molecule has 25 heavy (non-hydrogen) atoms. The molecular weight excluding hydrogens is 310 g/mol. The number of nitrogens with zero attached hydrogens (tertiary/aromatic N) is 1. The molecule has 1 saturated heterocycles. The number of aryl methyl sites for hydroxylation is 2. The average Bonchev–Trinajstić information content (AvgIpc) is 3.06. The first-order chi connectivity index (χ1) is 12.3. The summed E-state index contributed by atoms with van der Waals surface area (Å²) in [5.41, 5.74) is 2.61. The topological polar surface area (TPSA) is 21.7 Å². The molecular formula is C22H29NO2. The zero-order chi connectivity index (χ0) is 17.5. The monoisotopic (exact) mass is 339 g/mol. The summed E-state index contributed by atoms with van der Waals surface area (Å²) in [4.78, 5) is 2.46. The van der Waals surface area contributed by atoms with Crippen LogP contribution < -0.4 is 9.47 Å². The van der Waals surface area contributed by atoms with Crippen molar-refractivity contribution >= 4 is 0 Å². The molecule has 0 amide bonds. The van der Waals surface area contributed by atoms with E-state index in [4.69, 9.17) is 9.47 Å². The third-order valence-electron chi connectivity index (χ3n) is 5.19. The Balaban J connectivity index is 1.52. The van der Waals surface area contributed by atoms with Gasteiger partial charge in [-0.15, -0.1) is 0 Å². The van der Waals surface area contributed by atoms with Gasteiger partial charge in [0.2, 0.25) is 0 Å². The van der Waals surface area contributed by atoms with Crippen molar-refractivity contribution in [1.29, 1.82) is 0 Å². The zero-order valence-corrected chi connectivity index (χ0v) is 15.4. The van der Waals surface area contributed by atoms with Crippen LogP contribution >= 0.6 is 0 Å². The highest BCUT2D eigenvalue weighted by molar-refractivity contribution is 5.35. The molecule has 1 aliphatic rings. The molecule has 0 radical (unpaired) electrons. The molecule has 1 fully saturated rings. The van der Waals surface area contributed by atoms with E-state index in [0.717, 1.165) is 37.4 Å². The van der Waals surface area contributed by atoms with E-state index < -0.39 is 0 Å². The molecule has 1 heterocycles. The highest BCUT2D eigenvalue weighted by Crippen LogP contribution is 2.23. The Morgan fingerprint density at radius 3 is 2.56 bits per heavy atom. The standard InChI is InChI=1S/C22H29NO2/c1-23-16-5-7-20(23)15-17-25-22-8-4-3-6-19(22)12-9-18-10-13-21(24-2)14-11-18/h3-4,6,8,10-11,13-14,20H,5,7,9,12,15-17H2,1-2H3. The van der Waals surface area contributed by atoms with Gasteiger partial charge in [-0.05, 0) is 75.0 Å². The molecule has 1 aliphatic heterocycles. The highest BCUT2D eigenvalue weighted by Gasteiger charge is 2.20. The number of para-hydroxylation sites is 1. The maximum absolute atomic E-state index is 6.13. The first-order valence-electron chi connectivity index (χ1n) is 9.30. The van der Waals surface area contributed by atoms with E-state index in [1.165, 1.54) is 30.5 Å². The van der Waals surface area contributed by atoms with E-state index in [0.29, 0.717) is 6.04 Å². The molecule has 2 aromatic rings. The molecule has 1 atom stereocenters. The predicted molar refractivity (Wildman–Crippen MR) is 103 cm³/mol. The smallest absolute Gasteiger partial charge is 0.122 e. The van der Waals surface area contributed by atoms with Crippen molar-refractivity contribution in [3.8, 4) is 11.5 Å². The number of hydrogen-bond acceptors (Lipinski definition) is 3. The summed E-state index contributed by atoms with van der Waals surface area (Å²) < 4.78 is 11.3. The van der Waals surface area contributed by atoms with Gasteiger partial charge in [0, 0.05) is 6.04 Å². The van der Waals surface area contributed by atoms with Crippen LogP contribution in [0.3, 0.4) is 0 Å². The van der Waals surface area contributed by atoms with Crippen molar-refractivity contribution in [3.63, 3.8) is 0 Å². The van der Waals surface area contributed by atoms with Crippen LogP contribution in [0.1, 0.15) is 30.4 Å². The lowest BCUT2D eigenvalue weighted by atomic mass is 10.0. The third kappa shape index (κ3) is 4.99. The van der Waals surface area contributed by atoms with Gasteiger partial charge in [0.15, 0.2) is 0 Å². The molecule has 0 aliphatic carbocycles. The highest BCUT2D eigenvalue weighted by atomic mass is 16.5. The average molecular weight is 339 g/mol. The third-order valence-corrected chi connectivity index (χ3v) is 5.19. The van der Waals surface area contributed by atoms with Gasteiger partial charge in [0.05, 0.1) is 13.7 Å². The molecule has 0 N–H and O–H groups in total. The fraction of sp³-hybridized carbons (Fsp3) is 0.455. The van der Waals surface area contributed by atoms with Gasteiger partial charge in [-0.2, -0.15) is 0 Å². The van der Waals surface area contributed by atoms with E-state index in [9.17, 15) is 0 Å². The zero-order valence-electron chi connectivity index (χ0n) is 15.4. The van der Waals surface area contributed by atoms with Crippen molar-refractivity contribution in [2.45, 2.75) is 38.1 Å². The molecule has 0 spiro atoms. The summed E-state index contributed by atoms with van der Waals surface area (Å²) in [7, 11) is 3.92. The van der Waals surface area contributed by atoms with Crippen LogP contribution in [0.25, 0.3) is 0 Å². The Hall–Kier alpha value is -2.00. The van der Waals surface area contributed by atoms with Gasteiger partial charge < -0.3 is 14.4 Å². The van der Waals surface area contributed by atoms with E-state index in [-0.39, 0.29) is 0 Å². The van der Waals surface area contributed by atoms with Crippen LogP contribution in [0.5, 0.6) is 11.5 Å². The molecule has 1 unspecified atom stereocenters. The SMILES string of the molecule is COc1ccc(CCc2ccccc2OCCC2CCCN2C)cc1. The Morgan fingerprint density at radius 2 is 1.84 bits per heavy atom. The molecule has 3 rings (SSSR count). The molecule has 0 aromatic heterocycles. The second kappa shape index (κ2) is 8.91. The normalized spacial score (nSPS) is 17.6. The lowest BCUT2D eigenvalue weighted by molar-refractivity contribution is 0.232. The van der Waals surface area contributed by atoms with Crippen LogP contribution in [0.15, 0.2) is 48.5 Å². The largest absolute Gasteiger partial charge is 0.497 e. The van der Waals surface area contributed by atoms with Gasteiger partial charge in [-0.3, -0.25) is 0 Å². The minimum atomic E-state index is 0.687. The second-order valence-electron chi connectivity index (χ2n) is 6.87. The van der Waals surface area contributed by atoms with Gasteiger partial charge in [-0.1, -0.05) is 30.3 Å². The number of ether oxygens (including phenoxy) is 2. The summed E-state index contributed by atoms with van der Waals surface area (Å²) in [5, 5.41) is 0. The first-order valence-corrected chi connectivity index (χ1v) is 9.30. The lowest BCUT2D eigenvalue weighted by Crippen LogP contribution is -2.26. The van der Waals surface area contributed by atoms with Crippen molar-refractivity contribution in [3.05, 3.63) is 59.7 Å². The fourth-order valence-corrected chi connectivity index (χ4v) is 3.57. The first kappa shape index (κ1) is 17.8. The lowest BCUT2D eigenvalue weighted by Gasteiger charge is -2.20. The van der Waals surface area contributed by atoms with E-state index in [1.807, 2.05) is 12.1 Å². The Morgan fingerprint density at radius 1 is 1.04 bits per heavy atom. The quantitative estimate of drug-likeness (QED) is 0.714. The van der Waals surface area contributed by atoms with Gasteiger partial charge in [0.1, 0.15) is 11.5 Å².